The molecule has 0 atom stereocenters. The smallest absolute Gasteiger partial charge is 0.0865 e. The number of aromatic nitrogens is 2. The van der Waals surface area contributed by atoms with Crippen molar-refractivity contribution in [1.82, 2.24) is 9.78 Å². The monoisotopic (exact) mass is 290 g/mol. The first kappa shape index (κ1) is 13.3. The van der Waals surface area contributed by atoms with Gasteiger partial charge in [-0.1, -0.05) is 23.7 Å². The van der Waals surface area contributed by atoms with E-state index in [1.54, 1.807) is 0 Å². The molecule has 1 aromatic carbocycles. The van der Waals surface area contributed by atoms with Gasteiger partial charge in [-0.15, -0.1) is 0 Å². The van der Waals surface area contributed by atoms with Crippen LogP contribution in [0.5, 0.6) is 0 Å². The van der Waals surface area contributed by atoms with Crippen LogP contribution in [0.4, 0.5) is 11.4 Å². The molecule has 0 amide bonds. The van der Waals surface area contributed by atoms with E-state index in [1.807, 2.05) is 23.7 Å². The van der Waals surface area contributed by atoms with E-state index in [0.29, 0.717) is 0 Å². The number of nitrogen functional groups attached to an aromatic ring is 1. The maximum absolute atomic E-state index is 6.40. The topological polar surface area (TPSA) is 47.1 Å². The van der Waals surface area contributed by atoms with E-state index in [9.17, 15) is 0 Å². The minimum Gasteiger partial charge on any atom is -0.397 e. The standard InChI is InChI=1S/C15H19ClN4/c1-3-20-13(14(16)10(2)18-20)9-19-8-7-11-5-4-6-12(17)15(11)19/h4-6H,3,7-9,17H2,1-2H3. The lowest BCUT2D eigenvalue weighted by Crippen LogP contribution is -2.23. The SMILES string of the molecule is CCn1nc(C)c(Cl)c1CN1CCc2cccc(N)c21. The van der Waals surface area contributed by atoms with E-state index in [1.165, 1.54) is 5.56 Å². The fraction of sp³-hybridized carbons (Fsp3) is 0.400. The van der Waals surface area contributed by atoms with Gasteiger partial charge in [-0.2, -0.15) is 5.10 Å². The second kappa shape index (κ2) is 5.02. The molecule has 1 aliphatic rings. The molecule has 0 spiro atoms. The number of hydrogen-bond donors (Lipinski definition) is 1. The molecule has 0 saturated carbocycles. The fourth-order valence-electron chi connectivity index (χ4n) is 2.92. The minimum absolute atomic E-state index is 0.759. The molecule has 20 heavy (non-hydrogen) atoms. The summed E-state index contributed by atoms with van der Waals surface area (Å²) in [4.78, 5) is 2.30. The summed E-state index contributed by atoms with van der Waals surface area (Å²) in [6, 6.07) is 6.13. The number of nitrogens with two attached hydrogens (primary N) is 1. The normalized spacial score (nSPS) is 13.8. The van der Waals surface area contributed by atoms with Crippen LogP contribution in [0, 0.1) is 6.92 Å². The molecule has 5 heteroatoms. The zero-order chi connectivity index (χ0) is 14.3. The molecular weight excluding hydrogens is 272 g/mol. The first-order valence-electron chi connectivity index (χ1n) is 6.96. The van der Waals surface area contributed by atoms with Gasteiger partial charge in [-0.05, 0) is 31.9 Å². The summed E-state index contributed by atoms with van der Waals surface area (Å²) in [7, 11) is 0. The van der Waals surface area contributed by atoms with Crippen LogP contribution in [0.15, 0.2) is 18.2 Å². The minimum atomic E-state index is 0.759. The number of anilines is 2. The predicted molar refractivity (Wildman–Crippen MR) is 83.3 cm³/mol. The molecule has 4 nitrogen and oxygen atoms in total. The number of fused-ring (bicyclic) bond motifs is 1. The largest absolute Gasteiger partial charge is 0.397 e. The Morgan fingerprint density at radius 2 is 2.20 bits per heavy atom. The third-order valence-electron chi connectivity index (χ3n) is 3.91. The molecule has 1 aliphatic heterocycles. The molecule has 0 saturated heterocycles. The van der Waals surface area contributed by atoms with Gasteiger partial charge in [-0.25, -0.2) is 0 Å². The van der Waals surface area contributed by atoms with E-state index in [2.05, 4.69) is 23.0 Å². The lowest BCUT2D eigenvalue weighted by atomic mass is 10.1. The van der Waals surface area contributed by atoms with Crippen molar-refractivity contribution >= 4 is 23.0 Å². The Hall–Kier alpha value is -1.68. The highest BCUT2D eigenvalue weighted by molar-refractivity contribution is 6.31. The molecular formula is C15H19ClN4. The first-order chi connectivity index (χ1) is 9.61. The third-order valence-corrected chi connectivity index (χ3v) is 4.40. The van der Waals surface area contributed by atoms with Crippen LogP contribution >= 0.6 is 11.6 Å². The second-order valence-corrected chi connectivity index (χ2v) is 5.57. The number of hydrogen-bond acceptors (Lipinski definition) is 3. The lowest BCUT2D eigenvalue weighted by Gasteiger charge is -2.21. The van der Waals surface area contributed by atoms with Gasteiger partial charge in [0.25, 0.3) is 0 Å². The van der Waals surface area contributed by atoms with Crippen molar-refractivity contribution in [3.8, 4) is 0 Å². The quantitative estimate of drug-likeness (QED) is 0.884. The average Bonchev–Trinajstić information content (AvgIpc) is 2.96. The summed E-state index contributed by atoms with van der Waals surface area (Å²) in [6.45, 7) is 6.60. The van der Waals surface area contributed by atoms with Gasteiger partial charge in [0.1, 0.15) is 0 Å². The van der Waals surface area contributed by atoms with Crippen LogP contribution in [-0.4, -0.2) is 16.3 Å². The van der Waals surface area contributed by atoms with Crippen molar-refractivity contribution < 1.29 is 0 Å². The van der Waals surface area contributed by atoms with Crippen LogP contribution in [0.25, 0.3) is 0 Å². The second-order valence-electron chi connectivity index (χ2n) is 5.19. The van der Waals surface area contributed by atoms with Gasteiger partial charge in [-0.3, -0.25) is 4.68 Å². The summed E-state index contributed by atoms with van der Waals surface area (Å²) in [6.07, 6.45) is 1.04. The number of nitrogens with zero attached hydrogens (tertiary/aromatic N) is 3. The average molecular weight is 291 g/mol. The van der Waals surface area contributed by atoms with Crippen molar-refractivity contribution in [3.05, 3.63) is 40.2 Å². The molecule has 0 aliphatic carbocycles. The van der Waals surface area contributed by atoms with Crippen LogP contribution in [0.2, 0.25) is 5.02 Å². The maximum atomic E-state index is 6.40. The van der Waals surface area contributed by atoms with Crippen molar-refractivity contribution in [1.29, 1.82) is 0 Å². The first-order valence-corrected chi connectivity index (χ1v) is 7.33. The van der Waals surface area contributed by atoms with E-state index < -0.39 is 0 Å². The van der Waals surface area contributed by atoms with Gasteiger partial charge in [0.05, 0.1) is 34.3 Å². The van der Waals surface area contributed by atoms with Crippen LogP contribution in [0.3, 0.4) is 0 Å². The Labute approximate surface area is 124 Å². The lowest BCUT2D eigenvalue weighted by molar-refractivity contribution is 0.609. The van der Waals surface area contributed by atoms with Gasteiger partial charge >= 0.3 is 0 Å². The highest BCUT2D eigenvalue weighted by Gasteiger charge is 2.24. The highest BCUT2D eigenvalue weighted by atomic mass is 35.5. The van der Waals surface area contributed by atoms with E-state index in [0.717, 1.165) is 53.8 Å². The van der Waals surface area contributed by atoms with E-state index in [-0.39, 0.29) is 0 Å². The summed E-state index contributed by atoms with van der Waals surface area (Å²) < 4.78 is 1.98. The summed E-state index contributed by atoms with van der Waals surface area (Å²) in [5.41, 5.74) is 11.4. The van der Waals surface area contributed by atoms with E-state index in [4.69, 9.17) is 17.3 Å². The molecule has 0 fully saturated rings. The molecule has 2 aromatic rings. The Morgan fingerprint density at radius 1 is 1.40 bits per heavy atom. The van der Waals surface area contributed by atoms with Crippen LogP contribution in [0.1, 0.15) is 23.9 Å². The predicted octanol–water partition coefficient (Wildman–Crippen LogP) is 3.01. The Bertz CT molecular complexity index is 648. The number of para-hydroxylation sites is 1. The Balaban J connectivity index is 1.95. The molecule has 2 heterocycles. The molecule has 1 aromatic heterocycles. The van der Waals surface area contributed by atoms with Crippen molar-refractivity contribution in [2.24, 2.45) is 0 Å². The van der Waals surface area contributed by atoms with Gasteiger partial charge in [0.15, 0.2) is 0 Å². The molecule has 0 radical (unpaired) electrons. The maximum Gasteiger partial charge on any atom is 0.0865 e. The molecule has 0 bridgehead atoms. The molecule has 0 unspecified atom stereocenters. The zero-order valence-electron chi connectivity index (χ0n) is 11.9. The van der Waals surface area contributed by atoms with Gasteiger partial charge in [0, 0.05) is 13.1 Å². The Morgan fingerprint density at radius 3 is 2.95 bits per heavy atom. The molecule has 3 rings (SSSR count). The number of benzene rings is 1. The summed E-state index contributed by atoms with van der Waals surface area (Å²) in [5.74, 6) is 0. The number of rotatable bonds is 3. The molecule has 2 N–H and O–H groups in total. The van der Waals surface area contributed by atoms with Crippen molar-refractivity contribution in [2.45, 2.75) is 33.4 Å². The summed E-state index contributed by atoms with van der Waals surface area (Å²) >= 11 is 6.40. The van der Waals surface area contributed by atoms with Crippen molar-refractivity contribution in [2.75, 3.05) is 17.2 Å². The fourth-order valence-corrected chi connectivity index (χ4v) is 3.12. The zero-order valence-corrected chi connectivity index (χ0v) is 12.6. The van der Waals surface area contributed by atoms with Crippen molar-refractivity contribution in [3.63, 3.8) is 0 Å². The Kier molecular flexibility index (Phi) is 3.34. The third kappa shape index (κ3) is 2.04. The number of aryl methyl sites for hydroxylation is 2. The van der Waals surface area contributed by atoms with Crippen LogP contribution < -0.4 is 10.6 Å². The van der Waals surface area contributed by atoms with Crippen LogP contribution in [-0.2, 0) is 19.5 Å². The molecule has 106 valence electrons. The van der Waals surface area contributed by atoms with Gasteiger partial charge in [0.2, 0.25) is 0 Å². The highest BCUT2D eigenvalue weighted by Crippen LogP contribution is 2.35. The number of halogens is 1. The van der Waals surface area contributed by atoms with Gasteiger partial charge < -0.3 is 10.6 Å². The summed E-state index contributed by atoms with van der Waals surface area (Å²) in [5, 5.41) is 5.25. The van der Waals surface area contributed by atoms with E-state index >= 15 is 0 Å².